The van der Waals surface area contributed by atoms with E-state index in [9.17, 15) is 13.6 Å². The van der Waals surface area contributed by atoms with Gasteiger partial charge in [0.05, 0.1) is 13.2 Å². The van der Waals surface area contributed by atoms with Crippen molar-refractivity contribution < 1.29 is 23.0 Å². The molecule has 1 aliphatic heterocycles. The van der Waals surface area contributed by atoms with Gasteiger partial charge in [-0.3, -0.25) is 4.90 Å². The molecule has 0 aromatic carbocycles. The number of ether oxygens (including phenoxy) is 2. The van der Waals surface area contributed by atoms with E-state index in [-0.39, 0.29) is 6.04 Å². The number of hydrogen-bond acceptors (Lipinski definition) is 4. The Kier molecular flexibility index (Phi) is 4.73. The van der Waals surface area contributed by atoms with Crippen molar-refractivity contribution in [3.63, 3.8) is 0 Å². The Bertz CT molecular complexity index is 314. The molecule has 0 radical (unpaired) electrons. The van der Waals surface area contributed by atoms with E-state index in [1.54, 1.807) is 0 Å². The maximum Gasteiger partial charge on any atom is 0.376 e. The van der Waals surface area contributed by atoms with E-state index in [0.717, 1.165) is 32.4 Å². The van der Waals surface area contributed by atoms with Crippen molar-refractivity contribution in [2.45, 2.75) is 50.7 Å². The summed E-state index contributed by atoms with van der Waals surface area (Å²) in [6, 6.07) is 0.0592. The molecule has 4 nitrogen and oxygen atoms in total. The molecular weight excluding hydrogens is 256 g/mol. The van der Waals surface area contributed by atoms with E-state index in [0.29, 0.717) is 26.6 Å². The fraction of sp³-hybridized carbons (Fsp3) is 0.923. The highest BCUT2D eigenvalue weighted by molar-refractivity contribution is 5.77. The van der Waals surface area contributed by atoms with E-state index >= 15 is 0 Å². The summed E-state index contributed by atoms with van der Waals surface area (Å²) in [6.07, 6.45) is 3.13. The molecule has 2 fully saturated rings. The van der Waals surface area contributed by atoms with E-state index < -0.39 is 18.0 Å². The van der Waals surface area contributed by atoms with Gasteiger partial charge in [-0.25, -0.2) is 4.79 Å². The fourth-order valence-electron chi connectivity index (χ4n) is 2.78. The number of morpholine rings is 1. The van der Waals surface area contributed by atoms with Crippen molar-refractivity contribution in [2.75, 3.05) is 26.3 Å². The van der Waals surface area contributed by atoms with Gasteiger partial charge in [-0.1, -0.05) is 6.42 Å². The van der Waals surface area contributed by atoms with E-state index in [2.05, 4.69) is 4.90 Å². The van der Waals surface area contributed by atoms with E-state index in [1.807, 2.05) is 0 Å². The zero-order chi connectivity index (χ0) is 13.9. The SMILES string of the molecule is CC(F)(F)C(=O)OC1CCCCC1N1CCOCC1. The van der Waals surface area contributed by atoms with Crippen molar-refractivity contribution >= 4 is 5.97 Å². The summed E-state index contributed by atoms with van der Waals surface area (Å²) in [5.41, 5.74) is 0. The molecule has 1 aliphatic carbocycles. The Balaban J connectivity index is 1.97. The number of carbonyl (C=O) groups excluding carboxylic acids is 1. The van der Waals surface area contributed by atoms with Crippen LogP contribution in [0, 0.1) is 0 Å². The van der Waals surface area contributed by atoms with Crippen LogP contribution in [-0.2, 0) is 14.3 Å². The third kappa shape index (κ3) is 3.86. The van der Waals surface area contributed by atoms with Crippen molar-refractivity contribution in [1.82, 2.24) is 4.90 Å². The third-order valence-corrected chi connectivity index (χ3v) is 3.80. The molecule has 0 aromatic heterocycles. The summed E-state index contributed by atoms with van der Waals surface area (Å²) in [4.78, 5) is 13.5. The van der Waals surface area contributed by atoms with Gasteiger partial charge in [0, 0.05) is 26.1 Å². The molecule has 6 heteroatoms. The largest absolute Gasteiger partial charge is 0.456 e. The molecule has 2 atom stereocenters. The Morgan fingerprint density at radius 1 is 1.26 bits per heavy atom. The van der Waals surface area contributed by atoms with Crippen LogP contribution < -0.4 is 0 Å². The van der Waals surface area contributed by atoms with Crippen LogP contribution in [0.5, 0.6) is 0 Å². The summed E-state index contributed by atoms with van der Waals surface area (Å²) in [6.45, 7) is 3.45. The molecule has 1 saturated heterocycles. The second-order valence-electron chi connectivity index (χ2n) is 5.33. The van der Waals surface area contributed by atoms with Gasteiger partial charge in [-0.15, -0.1) is 0 Å². The van der Waals surface area contributed by atoms with Gasteiger partial charge in [0.25, 0.3) is 0 Å². The number of rotatable bonds is 3. The van der Waals surface area contributed by atoms with Crippen LogP contribution in [0.15, 0.2) is 0 Å². The molecule has 0 spiro atoms. The molecule has 1 heterocycles. The monoisotopic (exact) mass is 277 g/mol. The summed E-state index contributed by atoms with van der Waals surface area (Å²) < 4.78 is 36.2. The van der Waals surface area contributed by atoms with E-state index in [4.69, 9.17) is 9.47 Å². The number of carbonyl (C=O) groups is 1. The zero-order valence-electron chi connectivity index (χ0n) is 11.2. The topological polar surface area (TPSA) is 38.8 Å². The lowest BCUT2D eigenvalue weighted by atomic mass is 9.91. The Hall–Kier alpha value is -0.750. The molecule has 1 saturated carbocycles. The first-order chi connectivity index (χ1) is 8.98. The lowest BCUT2D eigenvalue weighted by Gasteiger charge is -2.41. The summed E-state index contributed by atoms with van der Waals surface area (Å²) >= 11 is 0. The first kappa shape index (κ1) is 14.7. The second kappa shape index (κ2) is 6.13. The van der Waals surface area contributed by atoms with Gasteiger partial charge >= 0.3 is 11.9 Å². The maximum atomic E-state index is 12.9. The van der Waals surface area contributed by atoms with Gasteiger partial charge < -0.3 is 9.47 Å². The van der Waals surface area contributed by atoms with Crippen LogP contribution >= 0.6 is 0 Å². The predicted octanol–water partition coefficient (Wildman–Crippen LogP) is 1.83. The first-order valence-electron chi connectivity index (χ1n) is 6.89. The molecular formula is C13H21F2NO3. The van der Waals surface area contributed by atoms with Crippen LogP contribution in [0.25, 0.3) is 0 Å². The minimum Gasteiger partial charge on any atom is -0.456 e. The van der Waals surface area contributed by atoms with Crippen LogP contribution in [0.3, 0.4) is 0 Å². The third-order valence-electron chi connectivity index (χ3n) is 3.80. The van der Waals surface area contributed by atoms with Crippen LogP contribution in [0.4, 0.5) is 8.78 Å². The zero-order valence-corrected chi connectivity index (χ0v) is 11.2. The second-order valence-corrected chi connectivity index (χ2v) is 5.33. The van der Waals surface area contributed by atoms with Crippen molar-refractivity contribution in [3.8, 4) is 0 Å². The smallest absolute Gasteiger partial charge is 0.376 e. The molecule has 2 rings (SSSR count). The Morgan fingerprint density at radius 2 is 1.89 bits per heavy atom. The minimum atomic E-state index is -3.41. The number of hydrogen-bond donors (Lipinski definition) is 0. The van der Waals surface area contributed by atoms with Gasteiger partial charge in [-0.2, -0.15) is 8.78 Å². The molecule has 0 amide bonds. The van der Waals surface area contributed by atoms with Crippen LogP contribution in [0.2, 0.25) is 0 Å². The number of nitrogens with zero attached hydrogens (tertiary/aromatic N) is 1. The van der Waals surface area contributed by atoms with Gasteiger partial charge in [0.15, 0.2) is 0 Å². The number of esters is 1. The normalized spacial score (nSPS) is 30.1. The van der Waals surface area contributed by atoms with Crippen molar-refractivity contribution in [2.24, 2.45) is 0 Å². The highest BCUT2D eigenvalue weighted by atomic mass is 19.3. The standard InChI is InChI=1S/C13H21F2NO3/c1-13(14,15)12(17)19-11-5-3-2-4-10(11)16-6-8-18-9-7-16/h10-11H,2-9H2,1H3. The average Bonchev–Trinajstić information content (AvgIpc) is 2.39. The molecule has 2 aliphatic rings. The minimum absolute atomic E-state index is 0.0592. The van der Waals surface area contributed by atoms with Crippen LogP contribution in [-0.4, -0.2) is 55.2 Å². The molecule has 19 heavy (non-hydrogen) atoms. The highest BCUT2D eigenvalue weighted by Crippen LogP contribution is 2.28. The molecule has 2 unspecified atom stereocenters. The van der Waals surface area contributed by atoms with Gasteiger partial charge in [0.1, 0.15) is 6.10 Å². The maximum absolute atomic E-state index is 12.9. The van der Waals surface area contributed by atoms with Gasteiger partial charge in [-0.05, 0) is 19.3 Å². The average molecular weight is 277 g/mol. The summed E-state index contributed by atoms with van der Waals surface area (Å²) in [5.74, 6) is -4.81. The quantitative estimate of drug-likeness (QED) is 0.738. The molecule has 110 valence electrons. The van der Waals surface area contributed by atoms with Gasteiger partial charge in [0.2, 0.25) is 0 Å². The fourth-order valence-corrected chi connectivity index (χ4v) is 2.78. The van der Waals surface area contributed by atoms with Crippen LogP contribution in [0.1, 0.15) is 32.6 Å². The lowest BCUT2D eigenvalue weighted by Crippen LogP contribution is -2.52. The molecule has 0 aromatic rings. The summed E-state index contributed by atoms with van der Waals surface area (Å²) in [7, 11) is 0. The Labute approximate surface area is 112 Å². The molecule has 0 N–H and O–H groups in total. The van der Waals surface area contributed by atoms with Crippen molar-refractivity contribution in [1.29, 1.82) is 0 Å². The van der Waals surface area contributed by atoms with Crippen molar-refractivity contribution in [3.05, 3.63) is 0 Å². The predicted molar refractivity (Wildman–Crippen MR) is 65.1 cm³/mol. The lowest BCUT2D eigenvalue weighted by molar-refractivity contribution is -0.181. The Morgan fingerprint density at radius 3 is 2.53 bits per heavy atom. The number of alkyl halides is 2. The van der Waals surface area contributed by atoms with E-state index in [1.165, 1.54) is 0 Å². The summed E-state index contributed by atoms with van der Waals surface area (Å²) in [5, 5.41) is 0. The highest BCUT2D eigenvalue weighted by Gasteiger charge is 2.40. The number of halogens is 2. The molecule has 0 bridgehead atoms. The first-order valence-corrected chi connectivity index (χ1v) is 6.89.